The first kappa shape index (κ1) is 20.4. The molecule has 27 heavy (non-hydrogen) atoms. The Bertz CT molecular complexity index is 725. The van der Waals surface area contributed by atoms with Crippen LogP contribution < -0.4 is 4.74 Å². The molecule has 0 radical (unpaired) electrons. The van der Waals surface area contributed by atoms with Crippen LogP contribution in [0.3, 0.4) is 0 Å². The second-order valence-corrected chi connectivity index (χ2v) is 6.01. The zero-order valence-corrected chi connectivity index (χ0v) is 15.3. The molecule has 0 aromatic heterocycles. The Morgan fingerprint density at radius 3 is 2.52 bits per heavy atom. The van der Waals surface area contributed by atoms with Gasteiger partial charge >= 0.3 is 11.9 Å². The van der Waals surface area contributed by atoms with Crippen LogP contribution in [-0.4, -0.2) is 56.7 Å². The monoisotopic (exact) mass is 379 g/mol. The molecule has 1 aromatic rings. The molecule has 146 valence electrons. The number of ether oxygens (including phenoxy) is 3. The van der Waals surface area contributed by atoms with E-state index in [1.807, 2.05) is 0 Å². The summed E-state index contributed by atoms with van der Waals surface area (Å²) in [6.45, 7) is 0.442. The number of methoxy groups -OCH3 is 2. The van der Waals surface area contributed by atoms with Gasteiger partial charge in [-0.15, -0.1) is 0 Å². The first-order valence-corrected chi connectivity index (χ1v) is 8.48. The van der Waals surface area contributed by atoms with Crippen molar-refractivity contribution in [2.24, 2.45) is 5.92 Å². The normalized spacial score (nSPS) is 14.9. The zero-order valence-electron chi connectivity index (χ0n) is 15.3. The Morgan fingerprint density at radius 2 is 1.93 bits per heavy atom. The fraction of sp³-hybridized carbons (Fsp3) is 0.421. The lowest BCUT2D eigenvalue weighted by atomic mass is 9.97. The summed E-state index contributed by atoms with van der Waals surface area (Å²) >= 11 is 0. The van der Waals surface area contributed by atoms with E-state index in [1.165, 1.54) is 32.4 Å². The second kappa shape index (κ2) is 9.70. The maximum absolute atomic E-state index is 13.6. The van der Waals surface area contributed by atoms with E-state index >= 15 is 0 Å². The number of piperidine rings is 1. The van der Waals surface area contributed by atoms with Crippen LogP contribution in [0.15, 0.2) is 24.3 Å². The van der Waals surface area contributed by atoms with Crippen molar-refractivity contribution < 1.29 is 33.0 Å². The Hall–Kier alpha value is -2.90. The Labute approximate surface area is 156 Å². The van der Waals surface area contributed by atoms with Crippen molar-refractivity contribution in [2.75, 3.05) is 33.9 Å². The number of hydrogen-bond acceptors (Lipinski definition) is 6. The number of carbonyl (C=O) groups excluding carboxylic acids is 3. The molecule has 1 aliphatic heterocycles. The Morgan fingerprint density at radius 1 is 1.22 bits per heavy atom. The molecule has 0 spiro atoms. The van der Waals surface area contributed by atoms with Crippen molar-refractivity contribution in [3.63, 3.8) is 0 Å². The average Bonchev–Trinajstić information content (AvgIpc) is 2.70. The summed E-state index contributed by atoms with van der Waals surface area (Å²) < 4.78 is 28.0. The number of halogens is 1. The molecular weight excluding hydrogens is 357 g/mol. The molecule has 0 atom stereocenters. The van der Waals surface area contributed by atoms with E-state index < -0.39 is 11.8 Å². The van der Waals surface area contributed by atoms with Gasteiger partial charge in [0.05, 0.1) is 20.1 Å². The molecule has 1 fully saturated rings. The smallest absolute Gasteiger partial charge is 0.331 e. The third-order valence-electron chi connectivity index (χ3n) is 4.31. The molecular formula is C19H22FNO6. The number of amides is 1. The van der Waals surface area contributed by atoms with E-state index in [2.05, 4.69) is 0 Å². The van der Waals surface area contributed by atoms with Crippen molar-refractivity contribution in [2.45, 2.75) is 12.8 Å². The highest BCUT2D eigenvalue weighted by Crippen LogP contribution is 2.19. The van der Waals surface area contributed by atoms with Crippen molar-refractivity contribution in [3.05, 3.63) is 35.7 Å². The number of benzene rings is 1. The predicted octanol–water partition coefficient (Wildman–Crippen LogP) is 1.80. The van der Waals surface area contributed by atoms with Gasteiger partial charge in [0.1, 0.15) is 0 Å². The highest BCUT2D eigenvalue weighted by Gasteiger charge is 2.28. The second-order valence-electron chi connectivity index (χ2n) is 6.01. The molecule has 1 heterocycles. The summed E-state index contributed by atoms with van der Waals surface area (Å²) in [4.78, 5) is 36.8. The van der Waals surface area contributed by atoms with E-state index in [0.717, 1.165) is 6.08 Å². The van der Waals surface area contributed by atoms with Crippen molar-refractivity contribution >= 4 is 23.9 Å². The van der Waals surface area contributed by atoms with Gasteiger partial charge in [0.2, 0.25) is 0 Å². The summed E-state index contributed by atoms with van der Waals surface area (Å²) in [6.07, 6.45) is 3.56. The maximum atomic E-state index is 13.6. The molecule has 1 aromatic carbocycles. The highest BCUT2D eigenvalue weighted by atomic mass is 19.1. The maximum Gasteiger partial charge on any atom is 0.331 e. The number of esters is 2. The number of likely N-dealkylation sites (tertiary alicyclic amines) is 1. The molecule has 7 nitrogen and oxygen atoms in total. The third-order valence-corrected chi connectivity index (χ3v) is 4.31. The standard InChI is InChI=1S/C19H22FNO6/c1-25-16-5-3-13(11-15(16)20)4-6-18(23)27-12-17(22)21-9-7-14(8-10-21)19(24)26-2/h3-6,11,14H,7-10,12H2,1-2H3/b6-4+. The van der Waals surface area contributed by atoms with Crippen molar-refractivity contribution in [1.29, 1.82) is 0 Å². The van der Waals surface area contributed by atoms with Crippen molar-refractivity contribution in [1.82, 2.24) is 4.90 Å². The SMILES string of the molecule is COC(=O)C1CCN(C(=O)COC(=O)/C=C/c2ccc(OC)c(F)c2)CC1. The molecule has 2 rings (SSSR count). The number of hydrogen-bond donors (Lipinski definition) is 0. The van der Waals surface area contributed by atoms with Crippen LogP contribution in [0.1, 0.15) is 18.4 Å². The number of nitrogens with zero attached hydrogens (tertiary/aromatic N) is 1. The third kappa shape index (κ3) is 5.80. The number of carbonyl (C=O) groups is 3. The summed E-state index contributed by atoms with van der Waals surface area (Å²) in [5.74, 6) is -1.93. The molecule has 1 aliphatic rings. The first-order valence-electron chi connectivity index (χ1n) is 8.48. The van der Waals surface area contributed by atoms with Crippen LogP contribution >= 0.6 is 0 Å². The van der Waals surface area contributed by atoms with Gasteiger partial charge in [-0.3, -0.25) is 9.59 Å². The lowest BCUT2D eigenvalue weighted by Gasteiger charge is -2.30. The van der Waals surface area contributed by atoms with Gasteiger partial charge in [-0.1, -0.05) is 6.07 Å². The van der Waals surface area contributed by atoms with E-state index in [1.54, 1.807) is 11.0 Å². The van der Waals surface area contributed by atoms with Crippen LogP contribution in [0.25, 0.3) is 6.08 Å². The molecule has 0 saturated carbocycles. The minimum atomic E-state index is -0.705. The fourth-order valence-electron chi connectivity index (χ4n) is 2.75. The molecule has 0 N–H and O–H groups in total. The highest BCUT2D eigenvalue weighted by molar-refractivity contribution is 5.89. The lowest BCUT2D eigenvalue weighted by Crippen LogP contribution is -2.42. The Balaban J connectivity index is 1.77. The van der Waals surface area contributed by atoms with Gasteiger partial charge in [0.15, 0.2) is 18.2 Å². The van der Waals surface area contributed by atoms with E-state index in [0.29, 0.717) is 31.5 Å². The quantitative estimate of drug-likeness (QED) is 0.554. The van der Waals surface area contributed by atoms with E-state index in [4.69, 9.17) is 14.2 Å². The molecule has 1 amide bonds. The van der Waals surface area contributed by atoms with Crippen LogP contribution in [0, 0.1) is 11.7 Å². The van der Waals surface area contributed by atoms with Crippen LogP contribution in [0.2, 0.25) is 0 Å². The van der Waals surface area contributed by atoms with Crippen LogP contribution in [0.5, 0.6) is 5.75 Å². The predicted molar refractivity (Wildman–Crippen MR) is 94.3 cm³/mol. The largest absolute Gasteiger partial charge is 0.494 e. The average molecular weight is 379 g/mol. The van der Waals surface area contributed by atoms with E-state index in [-0.39, 0.29) is 30.2 Å². The van der Waals surface area contributed by atoms with Gasteiger partial charge in [0.25, 0.3) is 5.91 Å². The van der Waals surface area contributed by atoms with Gasteiger partial charge in [-0.05, 0) is 36.6 Å². The van der Waals surface area contributed by atoms with E-state index in [9.17, 15) is 18.8 Å². The minimum Gasteiger partial charge on any atom is -0.494 e. The minimum absolute atomic E-state index is 0.108. The fourth-order valence-corrected chi connectivity index (χ4v) is 2.75. The number of rotatable bonds is 6. The molecule has 0 unspecified atom stereocenters. The lowest BCUT2D eigenvalue weighted by molar-refractivity contribution is -0.151. The summed E-state index contributed by atoms with van der Waals surface area (Å²) in [7, 11) is 2.70. The molecule has 1 saturated heterocycles. The first-order chi connectivity index (χ1) is 12.9. The van der Waals surface area contributed by atoms with Gasteiger partial charge in [-0.25, -0.2) is 9.18 Å². The summed E-state index contributed by atoms with van der Waals surface area (Å²) in [5, 5.41) is 0. The van der Waals surface area contributed by atoms with Crippen LogP contribution in [0.4, 0.5) is 4.39 Å². The zero-order chi connectivity index (χ0) is 19.8. The summed E-state index contributed by atoms with van der Waals surface area (Å²) in [6, 6.07) is 4.25. The molecule has 0 aliphatic carbocycles. The van der Waals surface area contributed by atoms with Gasteiger partial charge < -0.3 is 19.1 Å². The Kier molecular flexibility index (Phi) is 7.34. The summed E-state index contributed by atoms with van der Waals surface area (Å²) in [5.41, 5.74) is 0.460. The van der Waals surface area contributed by atoms with Gasteiger partial charge in [-0.2, -0.15) is 0 Å². The van der Waals surface area contributed by atoms with Crippen molar-refractivity contribution in [3.8, 4) is 5.75 Å². The molecule has 8 heteroatoms. The van der Waals surface area contributed by atoms with Gasteiger partial charge in [0, 0.05) is 19.2 Å². The van der Waals surface area contributed by atoms with Crippen LogP contribution in [-0.2, 0) is 23.9 Å². The topological polar surface area (TPSA) is 82.1 Å². The molecule has 0 bridgehead atoms.